The maximum absolute atomic E-state index is 8.96. The van der Waals surface area contributed by atoms with Crippen molar-refractivity contribution in [3.63, 3.8) is 0 Å². The van der Waals surface area contributed by atoms with Gasteiger partial charge in [-0.05, 0) is 30.9 Å². The lowest BCUT2D eigenvalue weighted by atomic mass is 9.96. The first-order valence-corrected chi connectivity index (χ1v) is 6.06. The average molecular weight is 239 g/mol. The first kappa shape index (κ1) is 12.5. The van der Waals surface area contributed by atoms with Gasteiger partial charge in [-0.3, -0.25) is 4.98 Å². The molecule has 0 bridgehead atoms. The van der Waals surface area contributed by atoms with E-state index < -0.39 is 0 Å². The third-order valence-electron chi connectivity index (χ3n) is 2.96. The van der Waals surface area contributed by atoms with Gasteiger partial charge in [-0.25, -0.2) is 0 Å². The number of hydrogen-bond donors (Lipinski definition) is 1. The van der Waals surface area contributed by atoms with Gasteiger partial charge in [-0.1, -0.05) is 18.2 Å². The van der Waals surface area contributed by atoms with Crippen molar-refractivity contribution in [2.24, 2.45) is 5.41 Å². The Morgan fingerprint density at radius 3 is 2.94 bits per heavy atom. The number of benzene rings is 1. The smallest absolute Gasteiger partial charge is 0.0697 e. The molecule has 0 aliphatic carbocycles. The Balaban J connectivity index is 2.11. The SMILES string of the molecule is CC(C)(C#N)CNCc1cccc2cnccc12. The van der Waals surface area contributed by atoms with Crippen molar-refractivity contribution >= 4 is 10.8 Å². The molecule has 0 atom stereocenters. The number of hydrogen-bond acceptors (Lipinski definition) is 3. The molecule has 92 valence electrons. The predicted octanol–water partition coefficient (Wildman–Crippen LogP) is 2.87. The standard InChI is InChI=1S/C15H17N3/c1-15(2,10-16)11-18-9-13-5-3-4-12-8-17-7-6-14(12)13/h3-8,18H,9,11H2,1-2H3. The lowest BCUT2D eigenvalue weighted by Gasteiger charge is -2.16. The molecule has 0 fully saturated rings. The first-order chi connectivity index (χ1) is 8.62. The van der Waals surface area contributed by atoms with Gasteiger partial charge >= 0.3 is 0 Å². The summed E-state index contributed by atoms with van der Waals surface area (Å²) in [6.07, 6.45) is 3.68. The van der Waals surface area contributed by atoms with E-state index in [1.807, 2.05) is 38.4 Å². The molecule has 1 aromatic heterocycles. The Morgan fingerprint density at radius 2 is 2.17 bits per heavy atom. The molecule has 0 unspecified atom stereocenters. The van der Waals surface area contributed by atoms with Crippen LogP contribution in [-0.4, -0.2) is 11.5 Å². The summed E-state index contributed by atoms with van der Waals surface area (Å²) in [6, 6.07) is 10.5. The minimum absolute atomic E-state index is 0.327. The summed E-state index contributed by atoms with van der Waals surface area (Å²) < 4.78 is 0. The van der Waals surface area contributed by atoms with Crippen LogP contribution in [0.5, 0.6) is 0 Å². The van der Waals surface area contributed by atoms with Gasteiger partial charge in [0, 0.05) is 30.9 Å². The van der Waals surface area contributed by atoms with E-state index in [1.165, 1.54) is 10.9 Å². The number of pyridine rings is 1. The fraction of sp³-hybridized carbons (Fsp3) is 0.333. The molecule has 0 aliphatic heterocycles. The van der Waals surface area contributed by atoms with E-state index in [4.69, 9.17) is 5.26 Å². The summed E-state index contributed by atoms with van der Waals surface area (Å²) in [4.78, 5) is 4.12. The summed E-state index contributed by atoms with van der Waals surface area (Å²) in [6.45, 7) is 5.33. The van der Waals surface area contributed by atoms with E-state index >= 15 is 0 Å². The molecule has 0 saturated heterocycles. The topological polar surface area (TPSA) is 48.7 Å². The molecule has 3 heteroatoms. The van der Waals surface area contributed by atoms with Crippen LogP contribution >= 0.6 is 0 Å². The second-order valence-corrected chi connectivity index (χ2v) is 5.11. The number of rotatable bonds is 4. The van der Waals surface area contributed by atoms with Gasteiger partial charge in [-0.15, -0.1) is 0 Å². The number of nitrogens with zero attached hydrogens (tertiary/aromatic N) is 2. The maximum atomic E-state index is 8.96. The average Bonchev–Trinajstić information content (AvgIpc) is 2.39. The van der Waals surface area contributed by atoms with Crippen LogP contribution in [0.15, 0.2) is 36.7 Å². The molecule has 0 radical (unpaired) electrons. The molecule has 1 heterocycles. The zero-order chi connectivity index (χ0) is 13.0. The molecule has 1 aromatic carbocycles. The molecule has 2 aromatic rings. The van der Waals surface area contributed by atoms with E-state index in [2.05, 4.69) is 28.5 Å². The molecule has 18 heavy (non-hydrogen) atoms. The van der Waals surface area contributed by atoms with Crippen molar-refractivity contribution in [3.05, 3.63) is 42.2 Å². The molecule has 0 saturated carbocycles. The Morgan fingerprint density at radius 1 is 1.33 bits per heavy atom. The van der Waals surface area contributed by atoms with Gasteiger partial charge in [0.05, 0.1) is 11.5 Å². The fourth-order valence-corrected chi connectivity index (χ4v) is 1.89. The van der Waals surface area contributed by atoms with Crippen LogP contribution in [0.2, 0.25) is 0 Å². The fourth-order valence-electron chi connectivity index (χ4n) is 1.89. The summed E-state index contributed by atoms with van der Waals surface area (Å²) in [5.41, 5.74) is 0.912. The van der Waals surface area contributed by atoms with Crippen LogP contribution in [-0.2, 0) is 6.54 Å². The summed E-state index contributed by atoms with van der Waals surface area (Å²) in [5.74, 6) is 0. The zero-order valence-corrected chi connectivity index (χ0v) is 10.8. The van der Waals surface area contributed by atoms with Crippen LogP contribution in [0, 0.1) is 16.7 Å². The van der Waals surface area contributed by atoms with E-state index in [0.29, 0.717) is 6.54 Å². The van der Waals surface area contributed by atoms with Crippen LogP contribution in [0.1, 0.15) is 19.4 Å². The summed E-state index contributed by atoms with van der Waals surface area (Å²) in [5, 5.41) is 14.7. The van der Waals surface area contributed by atoms with Crippen molar-refractivity contribution in [1.82, 2.24) is 10.3 Å². The molecule has 1 N–H and O–H groups in total. The minimum Gasteiger partial charge on any atom is -0.311 e. The number of nitriles is 1. The third-order valence-corrected chi connectivity index (χ3v) is 2.96. The largest absolute Gasteiger partial charge is 0.311 e. The van der Waals surface area contributed by atoms with E-state index in [0.717, 1.165) is 11.9 Å². The van der Waals surface area contributed by atoms with Crippen LogP contribution < -0.4 is 5.32 Å². The van der Waals surface area contributed by atoms with Gasteiger partial charge in [-0.2, -0.15) is 5.26 Å². The second-order valence-electron chi connectivity index (χ2n) is 5.11. The molecule has 0 amide bonds. The Bertz CT molecular complexity index is 576. The summed E-state index contributed by atoms with van der Waals surface area (Å²) >= 11 is 0. The molecule has 3 nitrogen and oxygen atoms in total. The van der Waals surface area contributed by atoms with Gasteiger partial charge in [0.2, 0.25) is 0 Å². The Hall–Kier alpha value is -1.92. The molecular weight excluding hydrogens is 222 g/mol. The Kier molecular flexibility index (Phi) is 3.59. The maximum Gasteiger partial charge on any atom is 0.0697 e. The quantitative estimate of drug-likeness (QED) is 0.892. The summed E-state index contributed by atoms with van der Waals surface area (Å²) in [7, 11) is 0. The third kappa shape index (κ3) is 2.85. The van der Waals surface area contributed by atoms with Crippen molar-refractivity contribution in [1.29, 1.82) is 5.26 Å². The molecular formula is C15H17N3. The normalized spacial score (nSPS) is 11.4. The van der Waals surface area contributed by atoms with Crippen molar-refractivity contribution < 1.29 is 0 Å². The van der Waals surface area contributed by atoms with Crippen molar-refractivity contribution in [2.75, 3.05) is 6.54 Å². The molecule has 0 aliphatic rings. The number of fused-ring (bicyclic) bond motifs is 1. The van der Waals surface area contributed by atoms with Crippen molar-refractivity contribution in [2.45, 2.75) is 20.4 Å². The van der Waals surface area contributed by atoms with Crippen molar-refractivity contribution in [3.8, 4) is 6.07 Å². The second kappa shape index (κ2) is 5.16. The highest BCUT2D eigenvalue weighted by Gasteiger charge is 2.15. The lowest BCUT2D eigenvalue weighted by Crippen LogP contribution is -2.27. The van der Waals surface area contributed by atoms with E-state index in [1.54, 1.807) is 0 Å². The minimum atomic E-state index is -0.327. The van der Waals surface area contributed by atoms with Crippen LogP contribution in [0.3, 0.4) is 0 Å². The number of aromatic nitrogens is 1. The van der Waals surface area contributed by atoms with E-state index in [9.17, 15) is 0 Å². The molecule has 2 rings (SSSR count). The monoisotopic (exact) mass is 239 g/mol. The Labute approximate surface area is 107 Å². The van der Waals surface area contributed by atoms with Crippen LogP contribution in [0.4, 0.5) is 0 Å². The highest BCUT2D eigenvalue weighted by molar-refractivity contribution is 5.84. The predicted molar refractivity (Wildman–Crippen MR) is 72.8 cm³/mol. The highest BCUT2D eigenvalue weighted by Crippen LogP contribution is 2.18. The van der Waals surface area contributed by atoms with E-state index in [-0.39, 0.29) is 5.41 Å². The van der Waals surface area contributed by atoms with Crippen LogP contribution in [0.25, 0.3) is 10.8 Å². The number of nitrogens with one attached hydrogen (secondary N) is 1. The zero-order valence-electron chi connectivity index (χ0n) is 10.8. The molecule has 0 spiro atoms. The highest BCUT2D eigenvalue weighted by atomic mass is 14.9. The van der Waals surface area contributed by atoms with Gasteiger partial charge in [0.25, 0.3) is 0 Å². The lowest BCUT2D eigenvalue weighted by molar-refractivity contribution is 0.445. The first-order valence-electron chi connectivity index (χ1n) is 6.06. The van der Waals surface area contributed by atoms with Gasteiger partial charge < -0.3 is 5.32 Å². The van der Waals surface area contributed by atoms with Gasteiger partial charge in [0.15, 0.2) is 0 Å². The van der Waals surface area contributed by atoms with Gasteiger partial charge in [0.1, 0.15) is 0 Å².